The molecule has 0 saturated carbocycles. The molecule has 0 spiro atoms. The Balaban J connectivity index is 1.40. The molecule has 182 valence electrons. The molecule has 2 aromatic carbocycles. The van der Waals surface area contributed by atoms with Gasteiger partial charge in [-0.1, -0.05) is 18.2 Å². The Kier molecular flexibility index (Phi) is 6.18. The summed E-state index contributed by atoms with van der Waals surface area (Å²) < 4.78 is 28.1. The molecule has 0 radical (unpaired) electrons. The van der Waals surface area contributed by atoms with Crippen molar-refractivity contribution >= 4 is 33.0 Å². The Bertz CT molecular complexity index is 1440. The van der Waals surface area contributed by atoms with Crippen molar-refractivity contribution in [2.24, 2.45) is 0 Å². The standard InChI is InChI=1S/C25H29N7O2S/c1-29(2)35(33,34)22-7-4-6-19(18-22)23-8-5-9-24-27-25(28-32(23)24)26-20-10-12-21(13-11-20)31-16-14-30(3)15-17-31/h4-13,18H,14-17H2,1-3H3,(H,26,28). The molecule has 5 rings (SSSR count). The van der Waals surface area contributed by atoms with Gasteiger partial charge in [-0.3, -0.25) is 0 Å². The fourth-order valence-corrected chi connectivity index (χ4v) is 5.10. The molecular weight excluding hydrogens is 462 g/mol. The second kappa shape index (κ2) is 9.29. The van der Waals surface area contributed by atoms with Crippen LogP contribution in [0, 0.1) is 0 Å². The van der Waals surface area contributed by atoms with Gasteiger partial charge in [-0.25, -0.2) is 17.2 Å². The average molecular weight is 492 g/mol. The lowest BCUT2D eigenvalue weighted by molar-refractivity contribution is 0.313. The minimum atomic E-state index is -3.54. The van der Waals surface area contributed by atoms with E-state index in [1.807, 2.05) is 36.4 Å². The van der Waals surface area contributed by atoms with Crippen LogP contribution in [0.5, 0.6) is 0 Å². The van der Waals surface area contributed by atoms with Gasteiger partial charge in [0.2, 0.25) is 16.0 Å². The summed E-state index contributed by atoms with van der Waals surface area (Å²) in [5.74, 6) is 0.474. The van der Waals surface area contributed by atoms with Crippen molar-refractivity contribution in [2.75, 3.05) is 57.5 Å². The topological polar surface area (TPSA) is 86.1 Å². The minimum absolute atomic E-state index is 0.232. The van der Waals surface area contributed by atoms with Crippen LogP contribution in [-0.2, 0) is 10.0 Å². The molecule has 1 aliphatic heterocycles. The number of hydrogen-bond acceptors (Lipinski definition) is 7. The highest BCUT2D eigenvalue weighted by Gasteiger charge is 2.19. The molecule has 1 fully saturated rings. The van der Waals surface area contributed by atoms with Gasteiger partial charge in [0.1, 0.15) is 0 Å². The number of hydrogen-bond donors (Lipinski definition) is 1. The number of benzene rings is 2. The number of anilines is 3. The maximum Gasteiger partial charge on any atom is 0.247 e. The highest BCUT2D eigenvalue weighted by Crippen LogP contribution is 2.26. The summed E-state index contributed by atoms with van der Waals surface area (Å²) in [6, 6.07) is 20.8. The van der Waals surface area contributed by atoms with Gasteiger partial charge >= 0.3 is 0 Å². The first-order valence-corrected chi connectivity index (χ1v) is 12.9. The maximum absolute atomic E-state index is 12.6. The molecule has 0 aliphatic carbocycles. The van der Waals surface area contributed by atoms with Crippen LogP contribution in [0.1, 0.15) is 0 Å². The number of nitrogens with one attached hydrogen (secondary N) is 1. The van der Waals surface area contributed by atoms with Crippen LogP contribution in [0.25, 0.3) is 16.9 Å². The van der Waals surface area contributed by atoms with Gasteiger partial charge in [0, 0.05) is 57.2 Å². The van der Waals surface area contributed by atoms with E-state index in [4.69, 9.17) is 0 Å². The van der Waals surface area contributed by atoms with Crippen LogP contribution < -0.4 is 10.2 Å². The van der Waals surface area contributed by atoms with Gasteiger partial charge in [-0.15, -0.1) is 5.10 Å². The molecule has 0 atom stereocenters. The second-order valence-electron chi connectivity index (χ2n) is 8.89. The lowest BCUT2D eigenvalue weighted by Crippen LogP contribution is -2.44. The Morgan fingerprint density at radius 3 is 2.34 bits per heavy atom. The predicted octanol–water partition coefficient (Wildman–Crippen LogP) is 3.14. The lowest BCUT2D eigenvalue weighted by Gasteiger charge is -2.34. The molecule has 1 N–H and O–H groups in total. The van der Waals surface area contributed by atoms with Gasteiger partial charge < -0.3 is 15.1 Å². The fraction of sp³-hybridized carbons (Fsp3) is 0.280. The van der Waals surface area contributed by atoms with Crippen LogP contribution in [-0.4, -0.2) is 79.5 Å². The number of piperazine rings is 1. The van der Waals surface area contributed by atoms with E-state index in [1.165, 1.54) is 24.1 Å². The third-order valence-corrected chi connectivity index (χ3v) is 8.07. The van der Waals surface area contributed by atoms with E-state index in [0.29, 0.717) is 11.6 Å². The van der Waals surface area contributed by atoms with Gasteiger partial charge in [-0.2, -0.15) is 4.98 Å². The van der Waals surface area contributed by atoms with E-state index in [1.54, 1.807) is 22.7 Å². The molecule has 9 nitrogen and oxygen atoms in total. The number of fused-ring (bicyclic) bond motifs is 1. The molecular formula is C25H29N7O2S. The Morgan fingerprint density at radius 2 is 1.63 bits per heavy atom. The number of pyridine rings is 1. The van der Waals surface area contributed by atoms with Gasteiger partial charge in [0.05, 0.1) is 10.6 Å². The van der Waals surface area contributed by atoms with Crippen LogP contribution in [0.3, 0.4) is 0 Å². The quantitative estimate of drug-likeness (QED) is 0.443. The molecule has 0 unspecified atom stereocenters. The largest absolute Gasteiger partial charge is 0.369 e. The summed E-state index contributed by atoms with van der Waals surface area (Å²) in [4.78, 5) is 9.58. The zero-order chi connectivity index (χ0) is 24.6. The molecule has 10 heteroatoms. The third kappa shape index (κ3) is 4.72. The summed E-state index contributed by atoms with van der Waals surface area (Å²) in [5, 5.41) is 7.94. The van der Waals surface area contributed by atoms with E-state index in [9.17, 15) is 8.42 Å². The van der Waals surface area contributed by atoms with Crippen molar-refractivity contribution < 1.29 is 8.42 Å². The normalized spacial score (nSPS) is 15.1. The van der Waals surface area contributed by atoms with Gasteiger partial charge in [-0.05, 0) is 55.6 Å². The van der Waals surface area contributed by atoms with Crippen LogP contribution in [0.2, 0.25) is 0 Å². The summed E-state index contributed by atoms with van der Waals surface area (Å²) in [5.41, 5.74) is 4.27. The first-order chi connectivity index (χ1) is 16.8. The Morgan fingerprint density at radius 1 is 0.914 bits per heavy atom. The van der Waals surface area contributed by atoms with Crippen LogP contribution in [0.4, 0.5) is 17.3 Å². The molecule has 0 bridgehead atoms. The highest BCUT2D eigenvalue weighted by molar-refractivity contribution is 7.89. The minimum Gasteiger partial charge on any atom is -0.369 e. The highest BCUT2D eigenvalue weighted by atomic mass is 32.2. The van der Waals surface area contributed by atoms with E-state index in [0.717, 1.165) is 43.1 Å². The van der Waals surface area contributed by atoms with Crippen molar-refractivity contribution in [2.45, 2.75) is 4.90 Å². The van der Waals surface area contributed by atoms with Gasteiger partial charge in [0.25, 0.3) is 0 Å². The summed E-state index contributed by atoms with van der Waals surface area (Å²) in [7, 11) is 1.66. The number of likely N-dealkylation sites (N-methyl/N-ethyl adjacent to an activating group) is 1. The Hall–Kier alpha value is -3.47. The fourth-order valence-electron chi connectivity index (χ4n) is 4.15. The molecule has 35 heavy (non-hydrogen) atoms. The molecule has 0 amide bonds. The molecule has 3 heterocycles. The zero-order valence-corrected chi connectivity index (χ0v) is 20.9. The van der Waals surface area contributed by atoms with E-state index >= 15 is 0 Å². The zero-order valence-electron chi connectivity index (χ0n) is 20.1. The molecule has 2 aromatic heterocycles. The Labute approximate surface area is 205 Å². The number of aromatic nitrogens is 3. The summed E-state index contributed by atoms with van der Waals surface area (Å²) in [6.07, 6.45) is 0. The first-order valence-electron chi connectivity index (χ1n) is 11.5. The third-order valence-electron chi connectivity index (χ3n) is 6.26. The van der Waals surface area contributed by atoms with E-state index < -0.39 is 10.0 Å². The molecule has 1 aliphatic rings. The van der Waals surface area contributed by atoms with Crippen molar-refractivity contribution in [3.8, 4) is 11.3 Å². The van der Waals surface area contributed by atoms with Crippen molar-refractivity contribution in [1.82, 2.24) is 23.8 Å². The maximum atomic E-state index is 12.6. The van der Waals surface area contributed by atoms with Crippen molar-refractivity contribution in [1.29, 1.82) is 0 Å². The molecule has 4 aromatic rings. The van der Waals surface area contributed by atoms with Crippen molar-refractivity contribution in [3.63, 3.8) is 0 Å². The number of rotatable bonds is 6. The average Bonchev–Trinajstić information content (AvgIpc) is 3.27. The SMILES string of the molecule is CN1CCN(c2ccc(Nc3nc4cccc(-c5cccc(S(=O)(=O)N(C)C)c5)n4n3)cc2)CC1. The van der Waals surface area contributed by atoms with Crippen LogP contribution in [0.15, 0.2) is 71.6 Å². The van der Waals surface area contributed by atoms with E-state index in [2.05, 4.69) is 44.4 Å². The molecule has 1 saturated heterocycles. The van der Waals surface area contributed by atoms with Gasteiger partial charge in [0.15, 0.2) is 5.65 Å². The van der Waals surface area contributed by atoms with E-state index in [-0.39, 0.29) is 4.90 Å². The van der Waals surface area contributed by atoms with Crippen LogP contribution >= 0.6 is 0 Å². The predicted molar refractivity (Wildman–Crippen MR) is 139 cm³/mol. The smallest absolute Gasteiger partial charge is 0.247 e. The summed E-state index contributed by atoms with van der Waals surface area (Å²) in [6.45, 7) is 4.18. The summed E-state index contributed by atoms with van der Waals surface area (Å²) >= 11 is 0. The second-order valence-corrected chi connectivity index (χ2v) is 11.0. The monoisotopic (exact) mass is 491 g/mol. The number of sulfonamides is 1. The lowest BCUT2D eigenvalue weighted by atomic mass is 10.1. The first kappa shape index (κ1) is 23.3. The number of nitrogens with zero attached hydrogens (tertiary/aromatic N) is 6. The van der Waals surface area contributed by atoms with Crippen molar-refractivity contribution in [3.05, 3.63) is 66.7 Å².